The Bertz CT molecular complexity index is 555. The molecule has 0 N–H and O–H groups in total. The fraction of sp³-hybridized carbons (Fsp3) is 0.643. The van der Waals surface area contributed by atoms with Crippen molar-refractivity contribution < 1.29 is 8.42 Å². The third kappa shape index (κ3) is 3.51. The van der Waals surface area contributed by atoms with Crippen LogP contribution in [0.5, 0.6) is 0 Å². The van der Waals surface area contributed by atoms with Gasteiger partial charge < -0.3 is 0 Å². The minimum atomic E-state index is -3.48. The molecule has 0 aromatic carbocycles. The van der Waals surface area contributed by atoms with Crippen LogP contribution >= 0.6 is 11.6 Å². The van der Waals surface area contributed by atoms with Crippen molar-refractivity contribution in [2.45, 2.75) is 44.0 Å². The molecule has 4 nitrogen and oxygen atoms in total. The normalized spacial score (nSPS) is 20.6. The SMILES string of the molecule is CC1(C)CCCN(S(=O)(=O)c2ccc(CCl)cn2)CC1. The van der Waals surface area contributed by atoms with E-state index in [1.807, 2.05) is 0 Å². The number of aromatic nitrogens is 1. The van der Waals surface area contributed by atoms with Crippen LogP contribution in [0.1, 0.15) is 38.7 Å². The summed E-state index contributed by atoms with van der Waals surface area (Å²) in [6, 6.07) is 3.26. The van der Waals surface area contributed by atoms with E-state index in [1.54, 1.807) is 16.4 Å². The summed E-state index contributed by atoms with van der Waals surface area (Å²) < 4.78 is 26.7. The highest BCUT2D eigenvalue weighted by Gasteiger charge is 2.31. The number of sulfonamides is 1. The summed E-state index contributed by atoms with van der Waals surface area (Å²) in [5.74, 6) is 0.339. The molecule has 1 saturated heterocycles. The second-order valence-electron chi connectivity index (χ2n) is 6.06. The first-order valence-corrected chi connectivity index (χ1v) is 8.84. The van der Waals surface area contributed by atoms with Gasteiger partial charge in [-0.25, -0.2) is 13.4 Å². The second kappa shape index (κ2) is 6.00. The quantitative estimate of drug-likeness (QED) is 0.805. The third-order valence-electron chi connectivity index (χ3n) is 3.86. The molecule has 6 heteroatoms. The average molecular weight is 317 g/mol. The van der Waals surface area contributed by atoms with Crippen LogP contribution in [-0.2, 0) is 15.9 Å². The highest BCUT2D eigenvalue weighted by atomic mass is 35.5. The first-order valence-electron chi connectivity index (χ1n) is 6.86. The van der Waals surface area contributed by atoms with Crippen molar-refractivity contribution in [1.82, 2.24) is 9.29 Å². The summed E-state index contributed by atoms with van der Waals surface area (Å²) in [5.41, 5.74) is 1.03. The highest BCUT2D eigenvalue weighted by Crippen LogP contribution is 2.31. The second-order valence-corrected chi connectivity index (χ2v) is 8.21. The van der Waals surface area contributed by atoms with Gasteiger partial charge in [0.15, 0.2) is 5.03 Å². The molecule has 1 fully saturated rings. The molecule has 0 spiro atoms. The van der Waals surface area contributed by atoms with Crippen LogP contribution in [-0.4, -0.2) is 30.8 Å². The Morgan fingerprint density at radius 3 is 2.65 bits per heavy atom. The molecule has 2 rings (SSSR count). The summed E-state index contributed by atoms with van der Waals surface area (Å²) >= 11 is 5.70. The zero-order valence-electron chi connectivity index (χ0n) is 12.0. The van der Waals surface area contributed by atoms with Crippen LogP contribution in [0.25, 0.3) is 0 Å². The van der Waals surface area contributed by atoms with Crippen molar-refractivity contribution in [2.24, 2.45) is 5.41 Å². The Morgan fingerprint density at radius 1 is 1.30 bits per heavy atom. The average Bonchev–Trinajstić information content (AvgIpc) is 2.60. The van der Waals surface area contributed by atoms with Crippen LogP contribution in [0.2, 0.25) is 0 Å². The molecule has 1 aromatic heterocycles. The van der Waals surface area contributed by atoms with E-state index in [0.29, 0.717) is 19.0 Å². The van der Waals surface area contributed by atoms with Crippen LogP contribution in [0.3, 0.4) is 0 Å². The van der Waals surface area contributed by atoms with Crippen molar-refractivity contribution in [3.63, 3.8) is 0 Å². The molecule has 2 heterocycles. The molecule has 0 saturated carbocycles. The Morgan fingerprint density at radius 2 is 2.05 bits per heavy atom. The monoisotopic (exact) mass is 316 g/mol. The molecule has 0 amide bonds. The Labute approximate surface area is 126 Å². The molecule has 1 aliphatic rings. The van der Waals surface area contributed by atoms with Gasteiger partial charge in [-0.3, -0.25) is 0 Å². The maximum Gasteiger partial charge on any atom is 0.260 e. The number of hydrogen-bond donors (Lipinski definition) is 0. The van der Waals surface area contributed by atoms with E-state index in [-0.39, 0.29) is 10.4 Å². The molecular formula is C14H21ClN2O2S. The number of rotatable bonds is 3. The molecule has 0 aliphatic carbocycles. The molecule has 0 bridgehead atoms. The van der Waals surface area contributed by atoms with Gasteiger partial charge in [0, 0.05) is 25.2 Å². The summed E-state index contributed by atoms with van der Waals surface area (Å²) in [6.45, 7) is 5.52. The fourth-order valence-corrected chi connectivity index (χ4v) is 3.96. The smallest absolute Gasteiger partial charge is 0.243 e. The first-order chi connectivity index (χ1) is 9.35. The molecule has 0 atom stereocenters. The van der Waals surface area contributed by atoms with E-state index < -0.39 is 10.0 Å². The molecule has 0 radical (unpaired) electrons. The largest absolute Gasteiger partial charge is 0.260 e. The summed E-state index contributed by atoms with van der Waals surface area (Å²) in [4.78, 5) is 4.05. The lowest BCUT2D eigenvalue weighted by molar-refractivity contribution is 0.314. The Kier molecular flexibility index (Phi) is 4.72. The van der Waals surface area contributed by atoms with E-state index >= 15 is 0 Å². The van der Waals surface area contributed by atoms with Gasteiger partial charge in [0.2, 0.25) is 0 Å². The summed E-state index contributed by atoms with van der Waals surface area (Å²) in [6.07, 6.45) is 4.36. The zero-order chi connectivity index (χ0) is 14.8. The van der Waals surface area contributed by atoms with E-state index in [4.69, 9.17) is 11.6 Å². The number of alkyl halides is 1. The van der Waals surface area contributed by atoms with Crippen LogP contribution in [0.4, 0.5) is 0 Å². The predicted octanol–water partition coefficient (Wildman–Crippen LogP) is 3.02. The van der Waals surface area contributed by atoms with Gasteiger partial charge in [0.1, 0.15) is 0 Å². The van der Waals surface area contributed by atoms with Crippen LogP contribution in [0, 0.1) is 5.41 Å². The third-order valence-corrected chi connectivity index (χ3v) is 5.98. The lowest BCUT2D eigenvalue weighted by Gasteiger charge is -2.22. The predicted molar refractivity (Wildman–Crippen MR) is 80.2 cm³/mol. The topological polar surface area (TPSA) is 50.3 Å². The van der Waals surface area contributed by atoms with Gasteiger partial charge in [-0.2, -0.15) is 4.31 Å². The molecular weight excluding hydrogens is 296 g/mol. The summed E-state index contributed by atoms with van der Waals surface area (Å²) in [7, 11) is -3.48. The highest BCUT2D eigenvalue weighted by molar-refractivity contribution is 7.89. The van der Waals surface area contributed by atoms with Gasteiger partial charge in [-0.05, 0) is 36.3 Å². The van der Waals surface area contributed by atoms with Crippen molar-refractivity contribution in [3.05, 3.63) is 23.9 Å². The van der Waals surface area contributed by atoms with Gasteiger partial charge in [0.05, 0.1) is 0 Å². The molecule has 0 unspecified atom stereocenters. The fourth-order valence-electron chi connectivity index (χ4n) is 2.41. The maximum atomic E-state index is 12.6. The minimum absolute atomic E-state index is 0.117. The van der Waals surface area contributed by atoms with Gasteiger partial charge in [-0.1, -0.05) is 19.9 Å². The first kappa shape index (κ1) is 15.7. The number of hydrogen-bond acceptors (Lipinski definition) is 3. The van der Waals surface area contributed by atoms with Gasteiger partial charge in [0.25, 0.3) is 10.0 Å². The minimum Gasteiger partial charge on any atom is -0.243 e. The Hall–Kier alpha value is -0.650. The van der Waals surface area contributed by atoms with Crippen LogP contribution in [0.15, 0.2) is 23.4 Å². The van der Waals surface area contributed by atoms with Crippen molar-refractivity contribution in [2.75, 3.05) is 13.1 Å². The zero-order valence-corrected chi connectivity index (χ0v) is 13.5. The van der Waals surface area contributed by atoms with E-state index in [0.717, 1.165) is 24.8 Å². The van der Waals surface area contributed by atoms with E-state index in [9.17, 15) is 8.42 Å². The lowest BCUT2D eigenvalue weighted by atomic mass is 9.85. The lowest BCUT2D eigenvalue weighted by Crippen LogP contribution is -2.33. The maximum absolute atomic E-state index is 12.6. The van der Waals surface area contributed by atoms with E-state index in [1.165, 1.54) is 6.20 Å². The summed E-state index contributed by atoms with van der Waals surface area (Å²) in [5, 5.41) is 0.117. The van der Waals surface area contributed by atoms with Crippen molar-refractivity contribution in [1.29, 1.82) is 0 Å². The van der Waals surface area contributed by atoms with Crippen LogP contribution < -0.4 is 0 Å². The van der Waals surface area contributed by atoms with E-state index in [2.05, 4.69) is 18.8 Å². The standard InChI is InChI=1S/C14H21ClN2O2S/c1-14(2)6-3-8-17(9-7-14)20(18,19)13-5-4-12(10-15)11-16-13/h4-5,11H,3,6-10H2,1-2H3. The molecule has 1 aliphatic heterocycles. The van der Waals surface area contributed by atoms with Crippen molar-refractivity contribution >= 4 is 21.6 Å². The van der Waals surface area contributed by atoms with Gasteiger partial charge in [-0.15, -0.1) is 11.6 Å². The van der Waals surface area contributed by atoms with Gasteiger partial charge >= 0.3 is 0 Å². The number of pyridine rings is 1. The molecule has 20 heavy (non-hydrogen) atoms. The number of nitrogens with zero attached hydrogens (tertiary/aromatic N) is 2. The van der Waals surface area contributed by atoms with Crippen molar-refractivity contribution in [3.8, 4) is 0 Å². The molecule has 112 valence electrons. The Balaban J connectivity index is 2.20. The number of halogens is 1. The molecule has 1 aromatic rings.